The minimum absolute atomic E-state index is 0.755. The predicted octanol–water partition coefficient (Wildman–Crippen LogP) is 4.48. The highest BCUT2D eigenvalue weighted by atomic mass is 32.2. The van der Waals surface area contributed by atoms with E-state index < -0.39 is 0 Å². The van der Waals surface area contributed by atoms with E-state index >= 15 is 0 Å². The molecule has 3 heterocycles. The van der Waals surface area contributed by atoms with Crippen LogP contribution < -0.4 is 0 Å². The highest BCUT2D eigenvalue weighted by Crippen LogP contribution is 2.30. The lowest BCUT2D eigenvalue weighted by atomic mass is 10.2. The monoisotopic (exact) mass is 377 g/mol. The second kappa shape index (κ2) is 6.59. The largest absolute Gasteiger partial charge is 0.330 e. The molecule has 0 aliphatic rings. The van der Waals surface area contributed by atoms with Gasteiger partial charge in [-0.1, -0.05) is 65.6 Å². The van der Waals surface area contributed by atoms with E-state index in [1.54, 1.807) is 23.1 Å². The number of imidazole rings is 1. The average molecular weight is 377 g/mol. The van der Waals surface area contributed by atoms with Crippen molar-refractivity contribution in [2.24, 2.45) is 0 Å². The molecule has 0 atom stereocenters. The SMILES string of the molecule is c1ccc(Cn2ccnc2CSc2nnc3sc4ccccc4n23)cc1. The van der Waals surface area contributed by atoms with E-state index in [4.69, 9.17) is 0 Å². The van der Waals surface area contributed by atoms with Crippen LogP contribution in [0.4, 0.5) is 0 Å². The summed E-state index contributed by atoms with van der Waals surface area (Å²) < 4.78 is 5.55. The van der Waals surface area contributed by atoms with Gasteiger partial charge < -0.3 is 4.57 Å². The Labute approximate surface area is 158 Å². The van der Waals surface area contributed by atoms with Crippen molar-refractivity contribution in [3.8, 4) is 0 Å². The van der Waals surface area contributed by atoms with Gasteiger partial charge in [-0.05, 0) is 17.7 Å². The Morgan fingerprint density at radius 1 is 0.962 bits per heavy atom. The standard InChI is InChI=1S/C19H15N5S2/c1-2-6-14(7-3-1)12-23-11-10-20-17(23)13-25-18-21-22-19-24(18)15-8-4-5-9-16(15)26-19/h1-11H,12-13H2. The first-order chi connectivity index (χ1) is 12.9. The Balaban J connectivity index is 1.40. The molecule has 5 nitrogen and oxygen atoms in total. The molecule has 3 aromatic heterocycles. The molecule has 2 aromatic carbocycles. The van der Waals surface area contributed by atoms with Gasteiger partial charge >= 0.3 is 0 Å². The molecule has 0 aliphatic heterocycles. The Hall–Kier alpha value is -2.64. The van der Waals surface area contributed by atoms with Crippen LogP contribution in [0.5, 0.6) is 0 Å². The summed E-state index contributed by atoms with van der Waals surface area (Å²) in [6.45, 7) is 0.827. The van der Waals surface area contributed by atoms with Crippen molar-refractivity contribution >= 4 is 38.3 Å². The third-order valence-electron chi connectivity index (χ3n) is 4.24. The van der Waals surface area contributed by atoms with Crippen LogP contribution in [0.25, 0.3) is 15.2 Å². The molecule has 5 aromatic rings. The van der Waals surface area contributed by atoms with Gasteiger partial charge in [0.1, 0.15) is 5.82 Å². The van der Waals surface area contributed by atoms with Crippen LogP contribution in [-0.2, 0) is 12.3 Å². The number of benzene rings is 2. The van der Waals surface area contributed by atoms with Crippen molar-refractivity contribution in [2.45, 2.75) is 17.5 Å². The lowest BCUT2D eigenvalue weighted by Crippen LogP contribution is -2.03. The van der Waals surface area contributed by atoms with Crippen LogP contribution in [0.3, 0.4) is 0 Å². The average Bonchev–Trinajstić information content (AvgIpc) is 3.36. The van der Waals surface area contributed by atoms with Gasteiger partial charge in [0.15, 0.2) is 5.16 Å². The van der Waals surface area contributed by atoms with Crippen LogP contribution in [0, 0.1) is 0 Å². The normalized spacial score (nSPS) is 11.5. The van der Waals surface area contributed by atoms with E-state index in [2.05, 4.69) is 72.7 Å². The van der Waals surface area contributed by atoms with Crippen molar-refractivity contribution in [2.75, 3.05) is 0 Å². The molecule has 128 valence electrons. The summed E-state index contributed by atoms with van der Waals surface area (Å²) in [7, 11) is 0. The molecule has 0 fully saturated rings. The summed E-state index contributed by atoms with van der Waals surface area (Å²) in [6, 6.07) is 18.8. The Morgan fingerprint density at radius 3 is 2.73 bits per heavy atom. The summed E-state index contributed by atoms with van der Waals surface area (Å²) in [5.41, 5.74) is 2.43. The van der Waals surface area contributed by atoms with Crippen LogP contribution in [0.1, 0.15) is 11.4 Å². The van der Waals surface area contributed by atoms with Gasteiger partial charge in [-0.25, -0.2) is 4.98 Å². The van der Waals surface area contributed by atoms with Crippen LogP contribution in [0.2, 0.25) is 0 Å². The van der Waals surface area contributed by atoms with Gasteiger partial charge in [0.2, 0.25) is 4.96 Å². The second-order valence-electron chi connectivity index (χ2n) is 5.92. The summed E-state index contributed by atoms with van der Waals surface area (Å²) in [5, 5.41) is 9.61. The van der Waals surface area contributed by atoms with Gasteiger partial charge in [-0.2, -0.15) is 0 Å². The van der Waals surface area contributed by atoms with E-state index in [1.807, 2.05) is 18.5 Å². The zero-order valence-corrected chi connectivity index (χ0v) is 15.5. The summed E-state index contributed by atoms with van der Waals surface area (Å²) in [4.78, 5) is 5.46. The summed E-state index contributed by atoms with van der Waals surface area (Å²) in [6.07, 6.45) is 3.89. The molecule has 0 saturated heterocycles. The molecular formula is C19H15N5S2. The van der Waals surface area contributed by atoms with Crippen LogP contribution >= 0.6 is 23.1 Å². The minimum atomic E-state index is 0.755. The number of thiazole rings is 1. The van der Waals surface area contributed by atoms with Gasteiger partial charge in [0.05, 0.1) is 16.0 Å². The highest BCUT2D eigenvalue weighted by Gasteiger charge is 2.13. The number of rotatable bonds is 5. The molecule has 7 heteroatoms. The molecule has 0 saturated carbocycles. The fourth-order valence-corrected chi connectivity index (χ4v) is 4.92. The predicted molar refractivity (Wildman–Crippen MR) is 106 cm³/mol. The Kier molecular flexibility index (Phi) is 3.95. The number of para-hydroxylation sites is 1. The number of hydrogen-bond acceptors (Lipinski definition) is 5. The molecule has 26 heavy (non-hydrogen) atoms. The molecule has 0 radical (unpaired) electrons. The zero-order valence-electron chi connectivity index (χ0n) is 13.8. The molecular weight excluding hydrogens is 362 g/mol. The van der Waals surface area contributed by atoms with E-state index in [1.165, 1.54) is 10.3 Å². The van der Waals surface area contributed by atoms with Gasteiger partial charge in [0, 0.05) is 18.9 Å². The fourth-order valence-electron chi connectivity index (χ4n) is 2.98. The number of aromatic nitrogens is 5. The first kappa shape index (κ1) is 15.6. The molecule has 5 rings (SSSR count). The molecule has 0 N–H and O–H groups in total. The smallest absolute Gasteiger partial charge is 0.217 e. The maximum atomic E-state index is 4.53. The number of thioether (sulfide) groups is 1. The summed E-state index contributed by atoms with van der Waals surface area (Å²) >= 11 is 3.34. The number of nitrogens with zero attached hydrogens (tertiary/aromatic N) is 5. The third-order valence-corrected chi connectivity index (χ3v) is 6.18. The quantitative estimate of drug-likeness (QED) is 0.424. The maximum absolute atomic E-state index is 4.53. The van der Waals surface area contributed by atoms with Crippen LogP contribution in [0.15, 0.2) is 72.1 Å². The first-order valence-electron chi connectivity index (χ1n) is 8.28. The molecule has 0 spiro atoms. The van der Waals surface area contributed by atoms with Crippen LogP contribution in [-0.4, -0.2) is 24.1 Å². The highest BCUT2D eigenvalue weighted by molar-refractivity contribution is 7.98. The Bertz CT molecular complexity index is 1170. The van der Waals surface area contributed by atoms with E-state index in [0.717, 1.165) is 33.8 Å². The molecule has 0 unspecified atom stereocenters. The van der Waals surface area contributed by atoms with E-state index in [0.29, 0.717) is 0 Å². The van der Waals surface area contributed by atoms with Crippen molar-refractivity contribution in [3.05, 3.63) is 78.4 Å². The maximum Gasteiger partial charge on any atom is 0.217 e. The number of hydrogen-bond donors (Lipinski definition) is 0. The second-order valence-corrected chi connectivity index (χ2v) is 7.87. The fraction of sp³-hybridized carbons (Fsp3) is 0.105. The lowest BCUT2D eigenvalue weighted by Gasteiger charge is -2.07. The zero-order chi connectivity index (χ0) is 17.3. The first-order valence-corrected chi connectivity index (χ1v) is 10.1. The lowest BCUT2D eigenvalue weighted by molar-refractivity contribution is 0.755. The minimum Gasteiger partial charge on any atom is -0.330 e. The molecule has 0 aliphatic carbocycles. The molecule has 0 amide bonds. The Morgan fingerprint density at radius 2 is 1.81 bits per heavy atom. The van der Waals surface area contributed by atoms with Gasteiger partial charge in [-0.3, -0.25) is 4.40 Å². The van der Waals surface area contributed by atoms with Gasteiger partial charge in [-0.15, -0.1) is 10.2 Å². The topological polar surface area (TPSA) is 48.0 Å². The van der Waals surface area contributed by atoms with Crippen molar-refractivity contribution in [1.82, 2.24) is 24.1 Å². The van der Waals surface area contributed by atoms with E-state index in [-0.39, 0.29) is 0 Å². The van der Waals surface area contributed by atoms with E-state index in [9.17, 15) is 0 Å². The summed E-state index contributed by atoms with van der Waals surface area (Å²) in [5.74, 6) is 1.79. The van der Waals surface area contributed by atoms with Crippen molar-refractivity contribution < 1.29 is 0 Å². The van der Waals surface area contributed by atoms with Gasteiger partial charge in [0.25, 0.3) is 0 Å². The van der Waals surface area contributed by atoms with Crippen molar-refractivity contribution in [1.29, 1.82) is 0 Å². The van der Waals surface area contributed by atoms with Crippen molar-refractivity contribution in [3.63, 3.8) is 0 Å². The third kappa shape index (κ3) is 2.79. The number of fused-ring (bicyclic) bond motifs is 3. The molecule has 0 bridgehead atoms.